The number of rotatable bonds is 5. The molecule has 1 unspecified atom stereocenters. The summed E-state index contributed by atoms with van der Waals surface area (Å²) in [6.07, 6.45) is 0.0937. The molecule has 1 rings (SSSR count). The minimum atomic E-state index is -0.768. The van der Waals surface area contributed by atoms with E-state index in [-0.39, 0.29) is 12.4 Å². The van der Waals surface area contributed by atoms with Crippen LogP contribution in [0.1, 0.15) is 37.5 Å². The first-order valence-corrected chi connectivity index (χ1v) is 5.60. The fraction of sp³-hybridized carbons (Fsp3) is 0.462. The second-order valence-corrected chi connectivity index (χ2v) is 3.58. The Bertz CT molecular complexity index is 347. The van der Waals surface area contributed by atoms with Crippen LogP contribution in [0.4, 0.5) is 0 Å². The van der Waals surface area contributed by atoms with Gasteiger partial charge in [0.2, 0.25) is 0 Å². The number of aryl methyl sites for hydroxylation is 1. The molecule has 0 aliphatic rings. The van der Waals surface area contributed by atoms with Crippen molar-refractivity contribution in [3.05, 3.63) is 35.4 Å². The van der Waals surface area contributed by atoms with E-state index in [0.29, 0.717) is 6.61 Å². The van der Waals surface area contributed by atoms with Crippen molar-refractivity contribution in [2.24, 2.45) is 0 Å². The third-order valence-corrected chi connectivity index (χ3v) is 2.46. The van der Waals surface area contributed by atoms with Gasteiger partial charge in [0.25, 0.3) is 0 Å². The van der Waals surface area contributed by atoms with Crippen LogP contribution in [0.25, 0.3) is 0 Å². The summed E-state index contributed by atoms with van der Waals surface area (Å²) in [5, 5.41) is 9.93. The number of hydrogen-bond donors (Lipinski definition) is 1. The summed E-state index contributed by atoms with van der Waals surface area (Å²) < 4.78 is 4.81. The first-order chi connectivity index (χ1) is 7.69. The van der Waals surface area contributed by atoms with E-state index in [4.69, 9.17) is 4.74 Å². The Morgan fingerprint density at radius 1 is 1.38 bits per heavy atom. The highest BCUT2D eigenvalue weighted by atomic mass is 16.5. The van der Waals surface area contributed by atoms with Gasteiger partial charge in [0.05, 0.1) is 19.1 Å². The van der Waals surface area contributed by atoms with E-state index in [1.54, 1.807) is 6.92 Å². The quantitative estimate of drug-likeness (QED) is 0.777. The Balaban J connectivity index is 2.72. The highest BCUT2D eigenvalue weighted by molar-refractivity contribution is 5.70. The normalized spacial score (nSPS) is 12.2. The van der Waals surface area contributed by atoms with Crippen LogP contribution in [0, 0.1) is 0 Å². The molecule has 0 amide bonds. The highest BCUT2D eigenvalue weighted by Gasteiger charge is 2.15. The van der Waals surface area contributed by atoms with Crippen molar-refractivity contribution >= 4 is 5.97 Å². The predicted molar refractivity (Wildman–Crippen MR) is 62.0 cm³/mol. The summed E-state index contributed by atoms with van der Waals surface area (Å²) in [4.78, 5) is 11.2. The number of benzene rings is 1. The molecule has 0 fully saturated rings. The van der Waals surface area contributed by atoms with Crippen LogP contribution in [-0.4, -0.2) is 17.7 Å². The van der Waals surface area contributed by atoms with Crippen LogP contribution in [0.15, 0.2) is 24.3 Å². The fourth-order valence-corrected chi connectivity index (χ4v) is 1.67. The number of aliphatic hydroxyl groups excluding tert-OH is 1. The van der Waals surface area contributed by atoms with Gasteiger partial charge in [-0.2, -0.15) is 0 Å². The Morgan fingerprint density at radius 2 is 2.06 bits per heavy atom. The number of hydrogen-bond acceptors (Lipinski definition) is 3. The summed E-state index contributed by atoms with van der Waals surface area (Å²) in [6, 6.07) is 7.61. The van der Waals surface area contributed by atoms with E-state index in [2.05, 4.69) is 0 Å². The first-order valence-electron chi connectivity index (χ1n) is 5.60. The largest absolute Gasteiger partial charge is 0.466 e. The zero-order chi connectivity index (χ0) is 12.0. The Kier molecular flexibility index (Phi) is 4.99. The molecular weight excluding hydrogens is 204 g/mol. The van der Waals surface area contributed by atoms with Gasteiger partial charge in [0.15, 0.2) is 0 Å². The lowest BCUT2D eigenvalue weighted by Gasteiger charge is -2.13. The molecule has 16 heavy (non-hydrogen) atoms. The van der Waals surface area contributed by atoms with E-state index in [9.17, 15) is 9.90 Å². The van der Waals surface area contributed by atoms with Gasteiger partial charge in [-0.05, 0) is 24.5 Å². The Hall–Kier alpha value is -1.35. The van der Waals surface area contributed by atoms with Crippen molar-refractivity contribution in [3.63, 3.8) is 0 Å². The molecule has 0 bridgehead atoms. The number of carbonyl (C=O) groups is 1. The van der Waals surface area contributed by atoms with Crippen LogP contribution in [0.3, 0.4) is 0 Å². The molecule has 0 aromatic heterocycles. The van der Waals surface area contributed by atoms with Crippen molar-refractivity contribution in [2.75, 3.05) is 6.61 Å². The Labute approximate surface area is 96.1 Å². The molecule has 0 heterocycles. The van der Waals surface area contributed by atoms with E-state index in [1.807, 2.05) is 31.2 Å². The van der Waals surface area contributed by atoms with Crippen LogP contribution in [0.5, 0.6) is 0 Å². The minimum absolute atomic E-state index is 0.0187. The number of ether oxygens (including phenoxy) is 1. The zero-order valence-electron chi connectivity index (χ0n) is 9.77. The van der Waals surface area contributed by atoms with Gasteiger partial charge in [0.1, 0.15) is 0 Å². The van der Waals surface area contributed by atoms with Crippen molar-refractivity contribution in [2.45, 2.75) is 32.8 Å². The molecular formula is C13H18O3. The van der Waals surface area contributed by atoms with Crippen LogP contribution >= 0.6 is 0 Å². The molecule has 3 nitrogen and oxygen atoms in total. The lowest BCUT2D eigenvalue weighted by molar-refractivity contribution is -0.145. The maximum atomic E-state index is 11.2. The maximum absolute atomic E-state index is 11.2. The zero-order valence-corrected chi connectivity index (χ0v) is 9.77. The summed E-state index contributed by atoms with van der Waals surface area (Å²) in [5.74, 6) is -0.360. The summed E-state index contributed by atoms with van der Waals surface area (Å²) in [7, 11) is 0. The first kappa shape index (κ1) is 12.7. The topological polar surface area (TPSA) is 46.5 Å². The van der Waals surface area contributed by atoms with Crippen LogP contribution in [0.2, 0.25) is 0 Å². The van der Waals surface area contributed by atoms with Crippen molar-refractivity contribution in [1.29, 1.82) is 0 Å². The van der Waals surface area contributed by atoms with E-state index in [0.717, 1.165) is 17.5 Å². The van der Waals surface area contributed by atoms with Crippen molar-refractivity contribution in [1.82, 2.24) is 0 Å². The SMILES string of the molecule is CCOC(=O)CC(O)c1ccccc1CC. The molecule has 1 N–H and O–H groups in total. The number of aliphatic hydroxyl groups is 1. The molecule has 1 aromatic rings. The van der Waals surface area contributed by atoms with Gasteiger partial charge in [0, 0.05) is 0 Å². The number of carbonyl (C=O) groups excluding carboxylic acids is 1. The second-order valence-electron chi connectivity index (χ2n) is 3.58. The van der Waals surface area contributed by atoms with Crippen LogP contribution < -0.4 is 0 Å². The maximum Gasteiger partial charge on any atom is 0.308 e. The second kappa shape index (κ2) is 6.28. The fourth-order valence-electron chi connectivity index (χ4n) is 1.67. The molecule has 1 atom stereocenters. The third kappa shape index (κ3) is 3.35. The molecule has 1 aromatic carbocycles. The lowest BCUT2D eigenvalue weighted by atomic mass is 9.99. The number of esters is 1. The van der Waals surface area contributed by atoms with Gasteiger partial charge < -0.3 is 9.84 Å². The molecule has 0 radical (unpaired) electrons. The molecule has 0 saturated carbocycles. The van der Waals surface area contributed by atoms with E-state index < -0.39 is 6.10 Å². The molecule has 0 saturated heterocycles. The average molecular weight is 222 g/mol. The Morgan fingerprint density at radius 3 is 2.69 bits per heavy atom. The molecule has 0 spiro atoms. The summed E-state index contributed by atoms with van der Waals surface area (Å²) in [5.41, 5.74) is 1.89. The minimum Gasteiger partial charge on any atom is -0.466 e. The van der Waals surface area contributed by atoms with Gasteiger partial charge >= 0.3 is 5.97 Å². The van der Waals surface area contributed by atoms with Gasteiger partial charge in [-0.25, -0.2) is 0 Å². The summed E-state index contributed by atoms with van der Waals surface area (Å²) in [6.45, 7) is 4.13. The molecule has 3 heteroatoms. The monoisotopic (exact) mass is 222 g/mol. The third-order valence-electron chi connectivity index (χ3n) is 2.46. The van der Waals surface area contributed by atoms with Crippen molar-refractivity contribution in [3.8, 4) is 0 Å². The molecule has 0 aliphatic carbocycles. The van der Waals surface area contributed by atoms with Gasteiger partial charge in [-0.3, -0.25) is 4.79 Å². The smallest absolute Gasteiger partial charge is 0.308 e. The molecule has 88 valence electrons. The van der Waals surface area contributed by atoms with Gasteiger partial charge in [-0.15, -0.1) is 0 Å². The standard InChI is InChI=1S/C13H18O3/c1-3-10-7-5-6-8-11(10)12(14)9-13(15)16-4-2/h5-8,12,14H,3-4,9H2,1-2H3. The lowest BCUT2D eigenvalue weighted by Crippen LogP contribution is -2.11. The van der Waals surface area contributed by atoms with Gasteiger partial charge in [-0.1, -0.05) is 31.2 Å². The average Bonchev–Trinajstić information content (AvgIpc) is 2.29. The summed E-state index contributed by atoms with van der Waals surface area (Å²) >= 11 is 0. The highest BCUT2D eigenvalue weighted by Crippen LogP contribution is 2.21. The van der Waals surface area contributed by atoms with E-state index >= 15 is 0 Å². The van der Waals surface area contributed by atoms with E-state index in [1.165, 1.54) is 0 Å². The predicted octanol–water partition coefficient (Wildman–Crippen LogP) is 2.24. The van der Waals surface area contributed by atoms with Crippen LogP contribution in [-0.2, 0) is 16.0 Å². The molecule has 0 aliphatic heterocycles. The van der Waals surface area contributed by atoms with Crippen molar-refractivity contribution < 1.29 is 14.6 Å².